The number of rotatable bonds is 7. The van der Waals surface area contributed by atoms with Crippen molar-refractivity contribution in [2.45, 2.75) is 71.9 Å². The molecule has 2 rings (SSSR count). The van der Waals surface area contributed by atoms with Crippen LogP contribution in [0, 0.1) is 11.8 Å². The lowest BCUT2D eigenvalue weighted by molar-refractivity contribution is 0.336. The van der Waals surface area contributed by atoms with Gasteiger partial charge in [-0.2, -0.15) is 5.10 Å². The fourth-order valence-corrected chi connectivity index (χ4v) is 3.40. The van der Waals surface area contributed by atoms with E-state index in [1.54, 1.807) is 6.33 Å². The molecule has 4 nitrogen and oxygen atoms in total. The molecular weight excluding hydrogens is 248 g/mol. The Morgan fingerprint density at radius 2 is 2.20 bits per heavy atom. The van der Waals surface area contributed by atoms with Gasteiger partial charge in [0.05, 0.1) is 0 Å². The normalized spacial score (nSPS) is 24.4. The fraction of sp³-hybridized carbons (Fsp3) is 0.875. The molecule has 20 heavy (non-hydrogen) atoms. The van der Waals surface area contributed by atoms with E-state index >= 15 is 0 Å². The SMILES string of the molecule is CCCNC(Cc1ncnn1C(C)C)C1CCC(C)C1. The van der Waals surface area contributed by atoms with E-state index in [0.29, 0.717) is 12.1 Å². The molecule has 114 valence electrons. The third-order valence-corrected chi connectivity index (χ3v) is 4.50. The van der Waals surface area contributed by atoms with E-state index < -0.39 is 0 Å². The fourth-order valence-electron chi connectivity index (χ4n) is 3.40. The van der Waals surface area contributed by atoms with Crippen molar-refractivity contribution in [3.05, 3.63) is 12.2 Å². The van der Waals surface area contributed by atoms with E-state index in [2.05, 4.69) is 47.8 Å². The molecule has 4 heteroatoms. The average Bonchev–Trinajstić information content (AvgIpc) is 3.03. The van der Waals surface area contributed by atoms with Crippen LogP contribution in [0.15, 0.2) is 6.33 Å². The van der Waals surface area contributed by atoms with E-state index in [1.807, 2.05) is 0 Å². The van der Waals surface area contributed by atoms with Crippen molar-refractivity contribution in [3.63, 3.8) is 0 Å². The highest BCUT2D eigenvalue weighted by Gasteiger charge is 2.29. The zero-order chi connectivity index (χ0) is 14.5. The number of hydrogen-bond acceptors (Lipinski definition) is 3. The van der Waals surface area contributed by atoms with E-state index in [0.717, 1.165) is 30.6 Å². The minimum atomic E-state index is 0.391. The second-order valence-corrected chi connectivity index (χ2v) is 6.66. The molecule has 0 amide bonds. The maximum Gasteiger partial charge on any atom is 0.138 e. The molecule has 0 saturated heterocycles. The number of aromatic nitrogens is 3. The molecule has 0 aliphatic heterocycles. The largest absolute Gasteiger partial charge is 0.313 e. The van der Waals surface area contributed by atoms with Crippen molar-refractivity contribution in [1.29, 1.82) is 0 Å². The van der Waals surface area contributed by atoms with Crippen molar-refractivity contribution >= 4 is 0 Å². The summed E-state index contributed by atoms with van der Waals surface area (Å²) < 4.78 is 2.07. The molecule has 3 unspecified atom stereocenters. The average molecular weight is 278 g/mol. The summed E-state index contributed by atoms with van der Waals surface area (Å²) in [5.74, 6) is 2.82. The molecule has 0 spiro atoms. The van der Waals surface area contributed by atoms with Crippen LogP contribution in [0.4, 0.5) is 0 Å². The van der Waals surface area contributed by atoms with Crippen molar-refractivity contribution in [3.8, 4) is 0 Å². The van der Waals surface area contributed by atoms with Crippen LogP contribution < -0.4 is 5.32 Å². The molecule has 1 aromatic rings. The Labute approximate surface area is 123 Å². The summed E-state index contributed by atoms with van der Waals surface area (Å²) in [6.45, 7) is 10.1. The Kier molecular flexibility index (Phi) is 5.58. The first-order valence-electron chi connectivity index (χ1n) is 8.23. The first kappa shape index (κ1) is 15.5. The lowest BCUT2D eigenvalue weighted by atomic mass is 9.93. The van der Waals surface area contributed by atoms with Crippen LogP contribution in [0.2, 0.25) is 0 Å². The Balaban J connectivity index is 2.04. The Hall–Kier alpha value is -0.900. The number of nitrogens with zero attached hydrogens (tertiary/aromatic N) is 3. The third-order valence-electron chi connectivity index (χ3n) is 4.50. The van der Waals surface area contributed by atoms with Crippen LogP contribution in [0.1, 0.15) is 65.2 Å². The van der Waals surface area contributed by atoms with Crippen LogP contribution in [-0.2, 0) is 6.42 Å². The van der Waals surface area contributed by atoms with Gasteiger partial charge in [-0.15, -0.1) is 0 Å². The Bertz CT molecular complexity index is 399. The summed E-state index contributed by atoms with van der Waals surface area (Å²) in [7, 11) is 0. The van der Waals surface area contributed by atoms with Crippen molar-refractivity contribution in [1.82, 2.24) is 20.1 Å². The van der Waals surface area contributed by atoms with E-state index in [9.17, 15) is 0 Å². The van der Waals surface area contributed by atoms with Gasteiger partial charge in [-0.25, -0.2) is 9.67 Å². The molecule has 1 aliphatic rings. The molecule has 0 radical (unpaired) electrons. The number of hydrogen-bond donors (Lipinski definition) is 1. The lowest BCUT2D eigenvalue weighted by Crippen LogP contribution is -2.38. The van der Waals surface area contributed by atoms with Crippen molar-refractivity contribution in [2.24, 2.45) is 11.8 Å². The second kappa shape index (κ2) is 7.21. The topological polar surface area (TPSA) is 42.7 Å². The quantitative estimate of drug-likeness (QED) is 0.833. The summed E-state index contributed by atoms with van der Waals surface area (Å²) >= 11 is 0. The standard InChI is InChI=1S/C16H30N4/c1-5-8-17-15(14-7-6-13(4)9-14)10-16-18-11-19-20(16)12(2)3/h11-15,17H,5-10H2,1-4H3. The van der Waals surface area contributed by atoms with Gasteiger partial charge in [0.15, 0.2) is 0 Å². The molecule has 1 fully saturated rings. The first-order valence-corrected chi connectivity index (χ1v) is 8.23. The molecule has 1 N–H and O–H groups in total. The zero-order valence-corrected chi connectivity index (χ0v) is 13.5. The third kappa shape index (κ3) is 3.81. The van der Waals surface area contributed by atoms with E-state index in [-0.39, 0.29) is 0 Å². The van der Waals surface area contributed by atoms with Gasteiger partial charge in [-0.1, -0.05) is 20.3 Å². The van der Waals surface area contributed by atoms with Crippen molar-refractivity contribution in [2.75, 3.05) is 6.54 Å². The minimum absolute atomic E-state index is 0.391. The minimum Gasteiger partial charge on any atom is -0.313 e. The first-order chi connectivity index (χ1) is 9.61. The predicted octanol–water partition coefficient (Wildman–Crippen LogP) is 3.21. The van der Waals surface area contributed by atoms with Crippen LogP contribution in [0.3, 0.4) is 0 Å². The van der Waals surface area contributed by atoms with E-state index in [1.165, 1.54) is 25.7 Å². The number of nitrogens with one attached hydrogen (secondary N) is 1. The van der Waals surface area contributed by atoms with Gasteiger partial charge in [0.1, 0.15) is 12.2 Å². The van der Waals surface area contributed by atoms with Gasteiger partial charge >= 0.3 is 0 Å². The van der Waals surface area contributed by atoms with E-state index in [4.69, 9.17) is 0 Å². The van der Waals surface area contributed by atoms with Crippen LogP contribution in [-0.4, -0.2) is 27.4 Å². The van der Waals surface area contributed by atoms with Gasteiger partial charge in [0.25, 0.3) is 0 Å². The summed E-state index contributed by atoms with van der Waals surface area (Å²) in [4.78, 5) is 4.49. The predicted molar refractivity (Wildman–Crippen MR) is 82.7 cm³/mol. The van der Waals surface area contributed by atoms with Crippen LogP contribution in [0.25, 0.3) is 0 Å². The molecule has 1 aromatic heterocycles. The van der Waals surface area contributed by atoms with Crippen molar-refractivity contribution < 1.29 is 0 Å². The van der Waals surface area contributed by atoms with Gasteiger partial charge in [0, 0.05) is 18.5 Å². The van der Waals surface area contributed by atoms with Gasteiger partial charge in [-0.3, -0.25) is 0 Å². The molecule has 0 aromatic carbocycles. The maximum atomic E-state index is 4.49. The molecule has 1 aliphatic carbocycles. The highest BCUT2D eigenvalue weighted by Crippen LogP contribution is 2.33. The highest BCUT2D eigenvalue weighted by atomic mass is 15.3. The second-order valence-electron chi connectivity index (χ2n) is 6.66. The smallest absolute Gasteiger partial charge is 0.138 e. The summed E-state index contributed by atoms with van der Waals surface area (Å²) in [6, 6.07) is 0.948. The molecular formula is C16H30N4. The van der Waals surface area contributed by atoms with Crippen LogP contribution >= 0.6 is 0 Å². The monoisotopic (exact) mass is 278 g/mol. The van der Waals surface area contributed by atoms with Gasteiger partial charge in [0.2, 0.25) is 0 Å². The highest BCUT2D eigenvalue weighted by molar-refractivity contribution is 4.95. The van der Waals surface area contributed by atoms with Gasteiger partial charge < -0.3 is 5.32 Å². The maximum absolute atomic E-state index is 4.49. The lowest BCUT2D eigenvalue weighted by Gasteiger charge is -2.25. The molecule has 3 atom stereocenters. The summed E-state index contributed by atoms with van der Waals surface area (Å²) in [5.41, 5.74) is 0. The zero-order valence-electron chi connectivity index (χ0n) is 13.5. The summed E-state index contributed by atoms with van der Waals surface area (Å²) in [6.07, 6.45) is 8.00. The van der Waals surface area contributed by atoms with Gasteiger partial charge in [-0.05, 0) is 51.5 Å². The Morgan fingerprint density at radius 1 is 1.40 bits per heavy atom. The molecule has 0 bridgehead atoms. The summed E-state index contributed by atoms with van der Waals surface area (Å²) in [5, 5.41) is 8.12. The Morgan fingerprint density at radius 3 is 2.80 bits per heavy atom. The van der Waals surface area contributed by atoms with Crippen LogP contribution in [0.5, 0.6) is 0 Å². The molecule has 1 saturated carbocycles. The molecule has 1 heterocycles.